The minimum absolute atomic E-state index is 0.0362. The van der Waals surface area contributed by atoms with Gasteiger partial charge in [0.15, 0.2) is 5.13 Å². The number of thiazole rings is 1. The number of benzene rings is 3. The Kier molecular flexibility index (Phi) is 8.08. The molecule has 0 aliphatic carbocycles. The van der Waals surface area contributed by atoms with E-state index in [-0.39, 0.29) is 23.6 Å². The topological polar surface area (TPSA) is 137 Å². The first-order chi connectivity index (χ1) is 18.4. The zero-order valence-electron chi connectivity index (χ0n) is 21.9. The van der Waals surface area contributed by atoms with Crippen molar-refractivity contribution in [3.63, 3.8) is 0 Å². The molecule has 3 amide bonds. The standard InChI is InChI=1S/C28H28ClN7O2S/c1-16-13-21(29)23-22(14-16)39-26(32-23)34-27(38)36(20-11-9-19(10-12-20)28(2,3)4)15-17-5-7-18(8-6-17)24(37)33-25(30)35-31/h5-14,31H,15H2,1-4H3,(H2,30,33,37)(H,32,34,38). The predicted octanol–water partition coefficient (Wildman–Crippen LogP) is 7.28. The van der Waals surface area contributed by atoms with Crippen molar-refractivity contribution >= 4 is 61.9 Å². The SMILES string of the molecule is Cc1cc(Cl)c2nc(NC(=O)N(Cc3ccc(C(=O)N=C(N)N=N)cc3)c3ccc(C(C)(C)C)cc3)sc2c1. The Hall–Kier alpha value is -4.15. The zero-order valence-corrected chi connectivity index (χ0v) is 23.5. The number of amides is 3. The summed E-state index contributed by atoms with van der Waals surface area (Å²) in [5.74, 6) is -1.02. The predicted molar refractivity (Wildman–Crippen MR) is 157 cm³/mol. The first-order valence-electron chi connectivity index (χ1n) is 12.1. The molecule has 3 aromatic carbocycles. The van der Waals surface area contributed by atoms with Gasteiger partial charge in [0.05, 0.1) is 16.3 Å². The monoisotopic (exact) mass is 561 g/mol. The highest BCUT2D eigenvalue weighted by Gasteiger charge is 2.21. The third-order valence-corrected chi connectivity index (χ3v) is 7.17. The number of hydrogen-bond acceptors (Lipinski definition) is 5. The molecule has 0 saturated heterocycles. The van der Waals surface area contributed by atoms with Crippen molar-refractivity contribution in [3.8, 4) is 0 Å². The molecule has 0 radical (unpaired) electrons. The van der Waals surface area contributed by atoms with E-state index in [1.165, 1.54) is 11.3 Å². The van der Waals surface area contributed by atoms with Gasteiger partial charge in [-0.2, -0.15) is 4.99 Å². The van der Waals surface area contributed by atoms with Gasteiger partial charge in [-0.25, -0.2) is 15.3 Å². The molecule has 0 spiro atoms. The summed E-state index contributed by atoms with van der Waals surface area (Å²) in [6, 6.07) is 18.0. The molecule has 200 valence electrons. The van der Waals surface area contributed by atoms with Crippen molar-refractivity contribution in [1.82, 2.24) is 4.98 Å². The van der Waals surface area contributed by atoms with Gasteiger partial charge in [0.1, 0.15) is 5.52 Å². The average molecular weight is 562 g/mol. The van der Waals surface area contributed by atoms with Crippen LogP contribution in [0.1, 0.15) is 47.8 Å². The number of nitrogens with one attached hydrogen (secondary N) is 2. The highest BCUT2D eigenvalue weighted by Crippen LogP contribution is 2.33. The molecule has 0 fully saturated rings. The number of nitrogens with two attached hydrogens (primary N) is 1. The van der Waals surface area contributed by atoms with Crippen LogP contribution in [0.3, 0.4) is 0 Å². The van der Waals surface area contributed by atoms with Crippen LogP contribution in [0, 0.1) is 12.5 Å². The fourth-order valence-corrected chi connectivity index (χ4v) is 5.23. The van der Waals surface area contributed by atoms with Crippen molar-refractivity contribution in [2.24, 2.45) is 15.8 Å². The van der Waals surface area contributed by atoms with Crippen LogP contribution < -0.4 is 16.0 Å². The summed E-state index contributed by atoms with van der Waals surface area (Å²) in [6.45, 7) is 8.58. The van der Waals surface area contributed by atoms with E-state index in [2.05, 4.69) is 41.2 Å². The number of nitrogens with zero attached hydrogens (tertiary/aromatic N) is 4. The Morgan fingerprint density at radius 2 is 1.77 bits per heavy atom. The van der Waals surface area contributed by atoms with Crippen LogP contribution in [0.2, 0.25) is 5.02 Å². The summed E-state index contributed by atoms with van der Waals surface area (Å²) in [7, 11) is 0. The summed E-state index contributed by atoms with van der Waals surface area (Å²) in [5.41, 5.74) is 16.7. The van der Waals surface area contributed by atoms with Gasteiger partial charge >= 0.3 is 6.03 Å². The Balaban J connectivity index is 1.63. The van der Waals surface area contributed by atoms with E-state index in [1.807, 2.05) is 43.3 Å². The minimum atomic E-state index is -0.604. The summed E-state index contributed by atoms with van der Waals surface area (Å²) < 4.78 is 0.887. The lowest BCUT2D eigenvalue weighted by molar-refractivity contribution is 0.100. The van der Waals surface area contributed by atoms with E-state index in [4.69, 9.17) is 22.9 Å². The van der Waals surface area contributed by atoms with Crippen LogP contribution >= 0.6 is 22.9 Å². The van der Waals surface area contributed by atoms with Crippen molar-refractivity contribution < 1.29 is 9.59 Å². The van der Waals surface area contributed by atoms with E-state index >= 15 is 0 Å². The fraction of sp³-hybridized carbons (Fsp3) is 0.214. The number of hydrogen-bond donors (Lipinski definition) is 3. The molecule has 0 aliphatic rings. The lowest BCUT2D eigenvalue weighted by Gasteiger charge is -2.25. The second-order valence-electron chi connectivity index (χ2n) is 10.0. The number of urea groups is 1. The van der Waals surface area contributed by atoms with Gasteiger partial charge in [0, 0.05) is 11.3 Å². The molecule has 39 heavy (non-hydrogen) atoms. The number of fused-ring (bicyclic) bond motifs is 1. The van der Waals surface area contributed by atoms with E-state index in [1.54, 1.807) is 29.2 Å². The molecular weight excluding hydrogens is 534 g/mol. The minimum Gasteiger partial charge on any atom is -0.366 e. The maximum absolute atomic E-state index is 13.6. The van der Waals surface area contributed by atoms with Crippen LogP contribution in [0.15, 0.2) is 70.8 Å². The Morgan fingerprint density at radius 1 is 1.10 bits per heavy atom. The molecule has 4 aromatic rings. The van der Waals surface area contributed by atoms with E-state index in [9.17, 15) is 9.59 Å². The molecule has 0 atom stereocenters. The van der Waals surface area contributed by atoms with E-state index in [0.717, 1.165) is 21.4 Å². The van der Waals surface area contributed by atoms with E-state index in [0.29, 0.717) is 21.4 Å². The Morgan fingerprint density at radius 3 is 2.38 bits per heavy atom. The normalized spacial score (nSPS) is 11.9. The quantitative estimate of drug-likeness (QED) is 0.134. The highest BCUT2D eigenvalue weighted by molar-refractivity contribution is 7.22. The molecule has 11 heteroatoms. The van der Waals surface area contributed by atoms with Gasteiger partial charge in [-0.1, -0.05) is 68.0 Å². The number of carbonyl (C=O) groups excluding carboxylic acids is 2. The second kappa shape index (κ2) is 11.3. The van der Waals surface area contributed by atoms with Crippen LogP contribution in [0.4, 0.5) is 15.6 Å². The molecular formula is C28H28ClN7O2S. The van der Waals surface area contributed by atoms with Crippen molar-refractivity contribution in [1.29, 1.82) is 5.53 Å². The fourth-order valence-electron chi connectivity index (χ4n) is 3.88. The van der Waals surface area contributed by atoms with Gasteiger partial charge in [0.2, 0.25) is 5.96 Å². The number of carbonyl (C=O) groups is 2. The third kappa shape index (κ3) is 6.65. The maximum atomic E-state index is 13.6. The van der Waals surface area contributed by atoms with Gasteiger partial charge < -0.3 is 5.73 Å². The maximum Gasteiger partial charge on any atom is 0.328 e. The lowest BCUT2D eigenvalue weighted by atomic mass is 9.87. The average Bonchev–Trinajstić information content (AvgIpc) is 3.29. The summed E-state index contributed by atoms with van der Waals surface area (Å²) in [6.07, 6.45) is 0. The Labute approximate surface area is 235 Å². The number of aryl methyl sites for hydroxylation is 1. The molecule has 4 rings (SSSR count). The number of aromatic nitrogens is 1. The number of guanidine groups is 1. The van der Waals surface area contributed by atoms with Crippen LogP contribution in [0.25, 0.3) is 10.2 Å². The molecule has 0 aliphatic heterocycles. The first kappa shape index (κ1) is 27.9. The molecule has 1 aromatic heterocycles. The second-order valence-corrected chi connectivity index (χ2v) is 11.4. The molecule has 1 heterocycles. The number of anilines is 2. The van der Waals surface area contributed by atoms with Crippen molar-refractivity contribution in [2.75, 3.05) is 10.2 Å². The summed E-state index contributed by atoms with van der Waals surface area (Å²) >= 11 is 7.72. The van der Waals surface area contributed by atoms with Gasteiger partial charge in [0.25, 0.3) is 5.91 Å². The van der Waals surface area contributed by atoms with Crippen LogP contribution in [-0.4, -0.2) is 22.9 Å². The number of rotatable bonds is 5. The largest absolute Gasteiger partial charge is 0.366 e. The number of halogens is 1. The number of aliphatic imine (C=N–C) groups is 1. The highest BCUT2D eigenvalue weighted by atomic mass is 35.5. The summed E-state index contributed by atoms with van der Waals surface area (Å²) in [5, 5.41) is 6.83. The molecule has 0 saturated carbocycles. The van der Waals surface area contributed by atoms with Crippen LogP contribution in [-0.2, 0) is 12.0 Å². The smallest absolute Gasteiger partial charge is 0.328 e. The lowest BCUT2D eigenvalue weighted by Crippen LogP contribution is -2.34. The van der Waals surface area contributed by atoms with Gasteiger partial charge in [-0.3, -0.25) is 15.0 Å². The molecule has 9 nitrogen and oxygen atoms in total. The third-order valence-electron chi connectivity index (χ3n) is 5.97. The summed E-state index contributed by atoms with van der Waals surface area (Å²) in [4.78, 5) is 35.5. The zero-order chi connectivity index (χ0) is 28.3. The molecule has 4 N–H and O–H groups in total. The van der Waals surface area contributed by atoms with Crippen molar-refractivity contribution in [2.45, 2.75) is 39.7 Å². The Bertz CT molecular complexity index is 1570. The van der Waals surface area contributed by atoms with E-state index < -0.39 is 11.9 Å². The van der Waals surface area contributed by atoms with Gasteiger partial charge in [-0.05, 0) is 65.4 Å². The first-order valence-corrected chi connectivity index (χ1v) is 13.2. The molecule has 0 unspecified atom stereocenters. The van der Waals surface area contributed by atoms with Crippen LogP contribution in [0.5, 0.6) is 0 Å². The molecule has 0 bridgehead atoms. The van der Waals surface area contributed by atoms with Gasteiger partial charge in [-0.15, -0.1) is 5.11 Å². The van der Waals surface area contributed by atoms with Crippen molar-refractivity contribution in [3.05, 3.63) is 87.9 Å².